The van der Waals surface area contributed by atoms with Gasteiger partial charge in [-0.2, -0.15) is 0 Å². The molecule has 0 spiro atoms. The fraction of sp³-hybridized carbons (Fsp3) is 0.667. The molecule has 0 rings (SSSR count). The van der Waals surface area contributed by atoms with Crippen LogP contribution in [0.2, 0.25) is 0 Å². The highest BCUT2D eigenvalue weighted by atomic mass is 16.4. The highest BCUT2D eigenvalue weighted by Gasteiger charge is 2.04. The molecular weight excluding hydrogens is 134 g/mol. The number of ketones is 1. The van der Waals surface area contributed by atoms with Gasteiger partial charge in [-0.05, 0) is 0 Å². The van der Waals surface area contributed by atoms with E-state index in [9.17, 15) is 9.59 Å². The monoisotopic (exact) mass is 146 g/mol. The summed E-state index contributed by atoms with van der Waals surface area (Å²) in [6, 6.07) is 0. The summed E-state index contributed by atoms with van der Waals surface area (Å²) in [5.41, 5.74) is 3.48. The van der Waals surface area contributed by atoms with Crippen LogP contribution in [0.25, 0.3) is 0 Å². The summed E-state index contributed by atoms with van der Waals surface area (Å²) < 4.78 is 0. The van der Waals surface area contributed by atoms with Crippen molar-refractivity contribution in [3.63, 3.8) is 0 Å². The van der Waals surface area contributed by atoms with Gasteiger partial charge in [-0.25, -0.2) is 0 Å². The average Bonchev–Trinajstić information content (AvgIpc) is 1.85. The van der Waals surface area contributed by atoms with Crippen LogP contribution in [-0.4, -0.2) is 23.4 Å². The third kappa shape index (κ3) is 5.24. The summed E-state index contributed by atoms with van der Waals surface area (Å²) in [7, 11) is 0. The van der Waals surface area contributed by atoms with Crippen molar-refractivity contribution in [1.82, 2.24) is 0 Å². The molecule has 0 aliphatic carbocycles. The van der Waals surface area contributed by atoms with E-state index in [0.717, 1.165) is 0 Å². The Kier molecular flexibility index (Phi) is 4.49. The fourth-order valence-electron chi connectivity index (χ4n) is 0.569. The van der Waals surface area contributed by atoms with Gasteiger partial charge in [0, 0.05) is 6.42 Å². The van der Waals surface area contributed by atoms with E-state index in [-0.39, 0.29) is 18.6 Å². The van der Waals surface area contributed by atoms with Gasteiger partial charge in [-0.15, -0.1) is 0 Å². The molecule has 0 heterocycles. The molecular formula is C6H12NO3+. The smallest absolute Gasteiger partial charge is 0.303 e. The van der Waals surface area contributed by atoms with Crippen LogP contribution in [0.3, 0.4) is 0 Å². The zero-order valence-electron chi connectivity index (χ0n) is 5.80. The van der Waals surface area contributed by atoms with E-state index in [1.807, 2.05) is 0 Å². The second-order valence-corrected chi connectivity index (χ2v) is 2.04. The molecule has 0 fully saturated rings. The number of carboxylic acids is 1. The molecule has 4 nitrogen and oxygen atoms in total. The number of hydrogen-bond acceptors (Lipinski definition) is 2. The highest BCUT2D eigenvalue weighted by Crippen LogP contribution is 1.92. The third-order valence-corrected chi connectivity index (χ3v) is 1.07. The Morgan fingerprint density at radius 1 is 1.20 bits per heavy atom. The van der Waals surface area contributed by atoms with E-state index in [0.29, 0.717) is 13.0 Å². The maximum absolute atomic E-state index is 10.6. The number of Topliss-reactive ketones (excluding diaryl/α,β-unsaturated/α-hetero) is 1. The van der Waals surface area contributed by atoms with Crippen molar-refractivity contribution in [3.05, 3.63) is 0 Å². The van der Waals surface area contributed by atoms with Crippen LogP contribution >= 0.6 is 0 Å². The first-order valence-corrected chi connectivity index (χ1v) is 3.19. The molecule has 0 aromatic heterocycles. The van der Waals surface area contributed by atoms with Gasteiger partial charge in [0.05, 0.1) is 19.4 Å². The quantitative estimate of drug-likeness (QED) is 0.524. The van der Waals surface area contributed by atoms with Gasteiger partial charge < -0.3 is 10.8 Å². The van der Waals surface area contributed by atoms with E-state index in [1.54, 1.807) is 0 Å². The Hall–Kier alpha value is -0.900. The number of carbonyl (C=O) groups excluding carboxylic acids is 1. The second-order valence-electron chi connectivity index (χ2n) is 2.04. The number of rotatable bonds is 5. The summed E-state index contributed by atoms with van der Waals surface area (Å²) in [4.78, 5) is 20.6. The van der Waals surface area contributed by atoms with Crippen molar-refractivity contribution in [1.29, 1.82) is 0 Å². The molecule has 0 aromatic rings. The van der Waals surface area contributed by atoms with Crippen molar-refractivity contribution in [3.8, 4) is 0 Å². The molecule has 0 radical (unpaired) electrons. The lowest BCUT2D eigenvalue weighted by atomic mass is 10.2. The summed E-state index contributed by atoms with van der Waals surface area (Å²) in [6.07, 6.45) is 0.483. The van der Waals surface area contributed by atoms with Gasteiger partial charge in [0.25, 0.3) is 0 Å². The van der Waals surface area contributed by atoms with E-state index >= 15 is 0 Å². The van der Waals surface area contributed by atoms with Crippen LogP contribution in [0.4, 0.5) is 0 Å². The molecule has 58 valence electrons. The summed E-state index contributed by atoms with van der Waals surface area (Å²) in [5.74, 6) is -0.935. The second kappa shape index (κ2) is 4.93. The van der Waals surface area contributed by atoms with Crippen LogP contribution in [0, 0.1) is 0 Å². The van der Waals surface area contributed by atoms with Gasteiger partial charge >= 0.3 is 5.97 Å². The highest BCUT2D eigenvalue weighted by molar-refractivity contribution is 5.82. The molecule has 0 saturated heterocycles. The van der Waals surface area contributed by atoms with Crippen LogP contribution < -0.4 is 5.73 Å². The largest absolute Gasteiger partial charge is 0.481 e. The number of carboxylic acid groups (broad SMARTS) is 1. The van der Waals surface area contributed by atoms with Gasteiger partial charge in [-0.1, -0.05) is 0 Å². The first-order chi connectivity index (χ1) is 4.66. The van der Waals surface area contributed by atoms with Gasteiger partial charge in [0.15, 0.2) is 0 Å². The van der Waals surface area contributed by atoms with Crippen molar-refractivity contribution in [2.45, 2.75) is 19.3 Å². The Morgan fingerprint density at radius 3 is 2.20 bits per heavy atom. The predicted molar refractivity (Wildman–Crippen MR) is 34.2 cm³/mol. The Morgan fingerprint density at radius 2 is 1.80 bits per heavy atom. The zero-order chi connectivity index (χ0) is 7.98. The van der Waals surface area contributed by atoms with E-state index in [1.165, 1.54) is 0 Å². The standard InChI is InChI=1S/C6H11NO3/c7-4-3-5(8)1-2-6(9)10/h1-4,7H2,(H,9,10)/p+1. The number of quaternary nitrogens is 1. The minimum Gasteiger partial charge on any atom is -0.481 e. The normalized spacial score (nSPS) is 9.30. The molecule has 0 aliphatic heterocycles. The lowest BCUT2D eigenvalue weighted by molar-refractivity contribution is -0.366. The topological polar surface area (TPSA) is 82.0 Å². The maximum Gasteiger partial charge on any atom is 0.303 e. The van der Waals surface area contributed by atoms with E-state index in [4.69, 9.17) is 5.11 Å². The van der Waals surface area contributed by atoms with Gasteiger partial charge in [-0.3, -0.25) is 9.59 Å². The Balaban J connectivity index is 3.30. The lowest BCUT2D eigenvalue weighted by Gasteiger charge is -1.92. The molecule has 0 unspecified atom stereocenters. The van der Waals surface area contributed by atoms with Gasteiger partial charge in [0.1, 0.15) is 5.78 Å². The number of carbonyl (C=O) groups is 2. The zero-order valence-corrected chi connectivity index (χ0v) is 5.80. The van der Waals surface area contributed by atoms with Crippen molar-refractivity contribution >= 4 is 11.8 Å². The average molecular weight is 146 g/mol. The summed E-state index contributed by atoms with van der Waals surface area (Å²) in [5, 5.41) is 8.16. The number of hydrogen-bond donors (Lipinski definition) is 2. The Bertz CT molecular complexity index is 133. The molecule has 4 heteroatoms. The third-order valence-electron chi connectivity index (χ3n) is 1.07. The molecule has 0 saturated carbocycles. The molecule has 0 aliphatic rings. The van der Waals surface area contributed by atoms with Gasteiger partial charge in [0.2, 0.25) is 0 Å². The predicted octanol–water partition coefficient (Wildman–Crippen LogP) is -0.948. The SMILES string of the molecule is [NH3+]CCC(=O)CCC(=O)O. The molecule has 4 N–H and O–H groups in total. The number of aliphatic carboxylic acids is 1. The van der Waals surface area contributed by atoms with Crippen molar-refractivity contribution in [2.24, 2.45) is 0 Å². The first kappa shape index (κ1) is 9.10. The van der Waals surface area contributed by atoms with Crippen molar-refractivity contribution < 1.29 is 20.4 Å². The molecule has 0 bridgehead atoms. The molecule has 10 heavy (non-hydrogen) atoms. The van der Waals surface area contributed by atoms with Crippen LogP contribution in [-0.2, 0) is 9.59 Å². The minimum atomic E-state index is -0.919. The van der Waals surface area contributed by atoms with E-state index < -0.39 is 5.97 Å². The van der Waals surface area contributed by atoms with Crippen LogP contribution in [0.15, 0.2) is 0 Å². The van der Waals surface area contributed by atoms with Crippen molar-refractivity contribution in [2.75, 3.05) is 6.54 Å². The summed E-state index contributed by atoms with van der Waals surface area (Å²) in [6.45, 7) is 0.554. The fourth-order valence-corrected chi connectivity index (χ4v) is 0.569. The summed E-state index contributed by atoms with van der Waals surface area (Å²) >= 11 is 0. The van der Waals surface area contributed by atoms with E-state index in [2.05, 4.69) is 5.73 Å². The first-order valence-electron chi connectivity index (χ1n) is 3.19. The lowest BCUT2D eigenvalue weighted by Crippen LogP contribution is -2.50. The maximum atomic E-state index is 10.6. The molecule has 0 atom stereocenters. The Labute approximate surface area is 59.0 Å². The minimum absolute atomic E-state index is 0.0163. The van der Waals surface area contributed by atoms with Crippen LogP contribution in [0.5, 0.6) is 0 Å². The molecule has 0 amide bonds. The van der Waals surface area contributed by atoms with Crippen LogP contribution in [0.1, 0.15) is 19.3 Å². The molecule has 0 aromatic carbocycles.